The van der Waals surface area contributed by atoms with Gasteiger partial charge in [-0.05, 0) is 32.9 Å². The van der Waals surface area contributed by atoms with E-state index in [0.717, 1.165) is 18.8 Å². The van der Waals surface area contributed by atoms with E-state index < -0.39 is 0 Å². The lowest BCUT2D eigenvalue weighted by Crippen LogP contribution is -2.37. The molecule has 0 atom stereocenters. The Bertz CT molecular complexity index is 602. The maximum Gasteiger partial charge on any atom is 0.136 e. The molecule has 0 aliphatic heterocycles. The fourth-order valence-corrected chi connectivity index (χ4v) is 2.11. The van der Waals surface area contributed by atoms with Crippen molar-refractivity contribution >= 4 is 0 Å². The first-order valence-corrected chi connectivity index (χ1v) is 7.02. The van der Waals surface area contributed by atoms with E-state index in [9.17, 15) is 4.39 Å². The minimum absolute atomic E-state index is 0.0736. The van der Waals surface area contributed by atoms with Crippen molar-refractivity contribution in [2.75, 3.05) is 13.7 Å². The Labute approximate surface area is 124 Å². The van der Waals surface area contributed by atoms with Gasteiger partial charge in [-0.25, -0.2) is 9.37 Å². The summed E-state index contributed by atoms with van der Waals surface area (Å²) in [5, 5.41) is 3.39. The highest BCUT2D eigenvalue weighted by atomic mass is 19.1. The summed E-state index contributed by atoms with van der Waals surface area (Å²) in [5.74, 6) is 1.00. The molecule has 0 aliphatic rings. The van der Waals surface area contributed by atoms with Gasteiger partial charge in [-0.2, -0.15) is 0 Å². The van der Waals surface area contributed by atoms with Gasteiger partial charge in [0.15, 0.2) is 0 Å². The molecule has 0 spiro atoms. The maximum atomic E-state index is 14.0. The third kappa shape index (κ3) is 4.04. The number of imidazole rings is 1. The number of H-pyrrole nitrogens is 1. The lowest BCUT2D eigenvalue weighted by Gasteiger charge is -2.19. The molecule has 0 fully saturated rings. The first-order valence-electron chi connectivity index (χ1n) is 7.02. The molecule has 1 aromatic carbocycles. The summed E-state index contributed by atoms with van der Waals surface area (Å²) >= 11 is 0. The van der Waals surface area contributed by atoms with E-state index in [0.29, 0.717) is 17.0 Å². The Morgan fingerprint density at radius 3 is 2.76 bits per heavy atom. The Kier molecular flexibility index (Phi) is 4.63. The minimum atomic E-state index is -0.322. The predicted octanol–water partition coefficient (Wildman–Crippen LogP) is 3.16. The predicted molar refractivity (Wildman–Crippen MR) is 82.0 cm³/mol. The lowest BCUT2D eigenvalue weighted by molar-refractivity contribution is 0.413. The van der Waals surface area contributed by atoms with Crippen LogP contribution >= 0.6 is 0 Å². The van der Waals surface area contributed by atoms with Crippen molar-refractivity contribution in [3.8, 4) is 17.0 Å². The summed E-state index contributed by atoms with van der Waals surface area (Å²) in [4.78, 5) is 7.47. The van der Waals surface area contributed by atoms with Crippen molar-refractivity contribution in [1.29, 1.82) is 0 Å². The van der Waals surface area contributed by atoms with Gasteiger partial charge in [-0.3, -0.25) is 0 Å². The normalized spacial score (nSPS) is 11.7. The van der Waals surface area contributed by atoms with Crippen LogP contribution in [0.2, 0.25) is 0 Å². The van der Waals surface area contributed by atoms with Crippen LogP contribution in [-0.4, -0.2) is 29.2 Å². The molecule has 1 heterocycles. The molecule has 2 aromatic rings. The van der Waals surface area contributed by atoms with E-state index in [1.165, 1.54) is 13.2 Å². The second kappa shape index (κ2) is 6.26. The monoisotopic (exact) mass is 291 g/mol. The van der Waals surface area contributed by atoms with Crippen molar-refractivity contribution in [2.45, 2.75) is 32.7 Å². The van der Waals surface area contributed by atoms with Gasteiger partial charge >= 0.3 is 0 Å². The first kappa shape index (κ1) is 15.5. The molecule has 2 N–H and O–H groups in total. The Hall–Kier alpha value is -1.88. The summed E-state index contributed by atoms with van der Waals surface area (Å²) in [6.07, 6.45) is 2.40. The second-order valence-corrected chi connectivity index (χ2v) is 5.99. The summed E-state index contributed by atoms with van der Waals surface area (Å²) in [7, 11) is 1.53. The van der Waals surface area contributed by atoms with Crippen molar-refractivity contribution in [3.05, 3.63) is 36.0 Å². The van der Waals surface area contributed by atoms with E-state index in [-0.39, 0.29) is 11.4 Å². The molecule has 0 amide bonds. The van der Waals surface area contributed by atoms with Gasteiger partial charge in [0.1, 0.15) is 17.4 Å². The quantitative estimate of drug-likeness (QED) is 0.889. The van der Waals surface area contributed by atoms with E-state index >= 15 is 0 Å². The zero-order chi connectivity index (χ0) is 15.5. The molecule has 0 aliphatic carbocycles. The fourth-order valence-electron chi connectivity index (χ4n) is 2.11. The number of hydrogen-bond acceptors (Lipinski definition) is 3. The minimum Gasteiger partial charge on any atom is -0.496 e. The number of nitrogens with one attached hydrogen (secondary N) is 2. The lowest BCUT2D eigenvalue weighted by atomic mass is 10.1. The maximum absolute atomic E-state index is 14.0. The fraction of sp³-hybridized carbons (Fsp3) is 0.438. The molecule has 1 aromatic heterocycles. The van der Waals surface area contributed by atoms with Crippen LogP contribution in [0.25, 0.3) is 11.3 Å². The van der Waals surface area contributed by atoms with Crippen molar-refractivity contribution in [2.24, 2.45) is 0 Å². The third-order valence-corrected chi connectivity index (χ3v) is 3.11. The molecular weight excluding hydrogens is 269 g/mol. The number of ether oxygens (including phenoxy) is 1. The molecule has 0 unspecified atom stereocenters. The molecule has 21 heavy (non-hydrogen) atoms. The number of aromatic amines is 1. The largest absolute Gasteiger partial charge is 0.496 e. The number of hydrogen-bond donors (Lipinski definition) is 2. The number of rotatable bonds is 5. The average Bonchev–Trinajstić information content (AvgIpc) is 2.85. The standard InChI is InChI=1S/C16H22FN3O/c1-16(2,3)19-9-8-14-18-10-12(20-14)15-11(17)6-5-7-13(15)21-4/h5-7,10,19H,8-9H2,1-4H3,(H,18,20). The molecule has 0 saturated heterocycles. The molecular formula is C16H22FN3O. The number of halogens is 1. The van der Waals surface area contributed by atoms with Crippen molar-refractivity contribution in [1.82, 2.24) is 15.3 Å². The van der Waals surface area contributed by atoms with Crippen molar-refractivity contribution < 1.29 is 9.13 Å². The van der Waals surface area contributed by atoms with Gasteiger partial charge in [0.05, 0.1) is 24.6 Å². The molecule has 0 saturated carbocycles. The third-order valence-electron chi connectivity index (χ3n) is 3.11. The van der Waals surface area contributed by atoms with E-state index in [4.69, 9.17) is 4.74 Å². The van der Waals surface area contributed by atoms with Crippen LogP contribution in [0.3, 0.4) is 0 Å². The van der Waals surface area contributed by atoms with Crippen LogP contribution in [0.4, 0.5) is 4.39 Å². The van der Waals surface area contributed by atoms with Crippen molar-refractivity contribution in [3.63, 3.8) is 0 Å². The molecule has 114 valence electrons. The van der Waals surface area contributed by atoms with Gasteiger partial charge in [0, 0.05) is 18.5 Å². The van der Waals surface area contributed by atoms with Gasteiger partial charge in [-0.1, -0.05) is 6.07 Å². The zero-order valence-electron chi connectivity index (χ0n) is 13.0. The summed E-state index contributed by atoms with van der Waals surface area (Å²) in [5.41, 5.74) is 1.13. The highest BCUT2D eigenvalue weighted by Crippen LogP contribution is 2.31. The van der Waals surface area contributed by atoms with Gasteiger partial charge in [-0.15, -0.1) is 0 Å². The summed E-state index contributed by atoms with van der Waals surface area (Å²) in [6, 6.07) is 4.78. The van der Waals surface area contributed by atoms with Gasteiger partial charge < -0.3 is 15.0 Å². The number of nitrogens with zero attached hydrogens (tertiary/aromatic N) is 1. The highest BCUT2D eigenvalue weighted by molar-refractivity contribution is 5.67. The molecule has 0 radical (unpaired) electrons. The molecule has 2 rings (SSSR count). The van der Waals surface area contributed by atoms with Crippen LogP contribution in [0, 0.1) is 5.82 Å². The summed E-state index contributed by atoms with van der Waals surface area (Å²) < 4.78 is 19.2. The Morgan fingerprint density at radius 2 is 2.10 bits per heavy atom. The Balaban J connectivity index is 2.13. The first-order chi connectivity index (χ1) is 9.90. The van der Waals surface area contributed by atoms with E-state index in [2.05, 4.69) is 36.1 Å². The highest BCUT2D eigenvalue weighted by Gasteiger charge is 2.14. The smallest absolute Gasteiger partial charge is 0.136 e. The zero-order valence-corrected chi connectivity index (χ0v) is 13.0. The van der Waals surface area contributed by atoms with Crippen LogP contribution in [-0.2, 0) is 6.42 Å². The van der Waals surface area contributed by atoms with Gasteiger partial charge in [0.2, 0.25) is 0 Å². The van der Waals surface area contributed by atoms with Crippen LogP contribution in [0.1, 0.15) is 26.6 Å². The average molecular weight is 291 g/mol. The van der Waals surface area contributed by atoms with E-state index in [1.807, 2.05) is 0 Å². The van der Waals surface area contributed by atoms with E-state index in [1.54, 1.807) is 18.3 Å². The van der Waals surface area contributed by atoms with Gasteiger partial charge in [0.25, 0.3) is 0 Å². The van der Waals surface area contributed by atoms with Crippen LogP contribution in [0.15, 0.2) is 24.4 Å². The molecule has 0 bridgehead atoms. The second-order valence-electron chi connectivity index (χ2n) is 5.99. The SMILES string of the molecule is COc1cccc(F)c1-c1cnc(CCNC(C)(C)C)[nH]1. The number of aromatic nitrogens is 2. The summed E-state index contributed by atoms with van der Waals surface area (Å²) in [6.45, 7) is 7.16. The Morgan fingerprint density at radius 1 is 1.33 bits per heavy atom. The van der Waals surface area contributed by atoms with Crippen LogP contribution < -0.4 is 10.1 Å². The topological polar surface area (TPSA) is 49.9 Å². The molecule has 4 nitrogen and oxygen atoms in total. The number of methoxy groups -OCH3 is 1. The molecule has 5 heteroatoms. The van der Waals surface area contributed by atoms with Crippen LogP contribution in [0.5, 0.6) is 5.75 Å². The number of benzene rings is 1.